The Morgan fingerprint density at radius 2 is 1.94 bits per heavy atom. The molecule has 1 N–H and O–H groups in total. The van der Waals surface area contributed by atoms with Crippen molar-refractivity contribution in [2.45, 2.75) is 18.4 Å². The molecule has 0 fully saturated rings. The minimum atomic E-state index is 0.771. The molecular weight excluding hydrogens is 230 g/mol. The molecule has 0 radical (unpaired) electrons. The van der Waals surface area contributed by atoms with Crippen LogP contribution in [0.2, 0.25) is 0 Å². The predicted molar refractivity (Wildman–Crippen MR) is 72.3 cm³/mol. The quantitative estimate of drug-likeness (QED) is 0.840. The van der Waals surface area contributed by atoms with Gasteiger partial charge in [0.2, 0.25) is 0 Å². The molecule has 0 atom stereocenters. The van der Waals surface area contributed by atoms with Gasteiger partial charge in [0.25, 0.3) is 0 Å². The molecule has 88 valence electrons. The molecule has 0 aliphatic heterocycles. The largest absolute Gasteiger partial charge is 0.365 e. The maximum Gasteiger partial charge on any atom is 0.145 e. The number of anilines is 1. The Balaban J connectivity index is 1.97. The molecule has 1 heterocycles. The van der Waals surface area contributed by atoms with E-state index in [4.69, 9.17) is 0 Å². The van der Waals surface area contributed by atoms with Crippen LogP contribution in [0, 0.1) is 6.92 Å². The summed E-state index contributed by atoms with van der Waals surface area (Å²) in [5, 5.41) is 3.26. The second-order valence-electron chi connectivity index (χ2n) is 3.75. The number of aryl methyl sites for hydroxylation is 1. The summed E-state index contributed by atoms with van der Waals surface area (Å²) in [7, 11) is 0. The first kappa shape index (κ1) is 11.9. The number of thioether (sulfide) groups is 1. The van der Waals surface area contributed by atoms with Crippen molar-refractivity contribution < 1.29 is 0 Å². The summed E-state index contributed by atoms with van der Waals surface area (Å²) in [6.07, 6.45) is 5.57. The Labute approximate surface area is 106 Å². The SMILES string of the molecule is CSc1ccc(CNc2cncc(C)n2)cc1. The standard InChI is InChI=1S/C13H15N3S/c1-10-7-14-9-13(16-10)15-8-11-3-5-12(17-2)6-4-11/h3-7,9H,8H2,1-2H3,(H,15,16). The van der Waals surface area contributed by atoms with Crippen LogP contribution in [0.3, 0.4) is 0 Å². The Kier molecular flexibility index (Phi) is 3.98. The van der Waals surface area contributed by atoms with Gasteiger partial charge in [-0.3, -0.25) is 4.98 Å². The summed E-state index contributed by atoms with van der Waals surface area (Å²) in [5.74, 6) is 0.818. The van der Waals surface area contributed by atoms with Gasteiger partial charge in [-0.25, -0.2) is 4.98 Å². The lowest BCUT2D eigenvalue weighted by molar-refractivity contribution is 1.05. The molecule has 1 aromatic carbocycles. The van der Waals surface area contributed by atoms with E-state index in [9.17, 15) is 0 Å². The van der Waals surface area contributed by atoms with Gasteiger partial charge in [-0.2, -0.15) is 0 Å². The lowest BCUT2D eigenvalue weighted by Crippen LogP contribution is -2.02. The third-order valence-corrected chi connectivity index (χ3v) is 3.13. The Morgan fingerprint density at radius 1 is 1.18 bits per heavy atom. The van der Waals surface area contributed by atoms with E-state index in [1.165, 1.54) is 10.5 Å². The van der Waals surface area contributed by atoms with E-state index in [1.54, 1.807) is 24.2 Å². The van der Waals surface area contributed by atoms with Crippen molar-refractivity contribution in [3.63, 3.8) is 0 Å². The Bertz CT molecular complexity index is 482. The molecule has 0 saturated heterocycles. The second kappa shape index (κ2) is 5.68. The smallest absolute Gasteiger partial charge is 0.145 e. The molecule has 0 bridgehead atoms. The average molecular weight is 245 g/mol. The third-order valence-electron chi connectivity index (χ3n) is 2.39. The summed E-state index contributed by atoms with van der Waals surface area (Å²) < 4.78 is 0. The minimum Gasteiger partial charge on any atom is -0.365 e. The van der Waals surface area contributed by atoms with Crippen molar-refractivity contribution in [1.29, 1.82) is 0 Å². The molecule has 0 saturated carbocycles. The fraction of sp³-hybridized carbons (Fsp3) is 0.231. The Hall–Kier alpha value is -1.55. The zero-order valence-corrected chi connectivity index (χ0v) is 10.8. The molecule has 3 nitrogen and oxygen atoms in total. The van der Waals surface area contributed by atoms with Gasteiger partial charge >= 0.3 is 0 Å². The molecule has 2 rings (SSSR count). The molecular formula is C13H15N3S. The molecule has 4 heteroatoms. The molecule has 0 aliphatic rings. The molecule has 1 aromatic heterocycles. The molecule has 0 amide bonds. The van der Waals surface area contributed by atoms with Gasteiger partial charge in [0.1, 0.15) is 5.82 Å². The highest BCUT2D eigenvalue weighted by molar-refractivity contribution is 7.98. The van der Waals surface area contributed by atoms with Crippen LogP contribution in [0.15, 0.2) is 41.6 Å². The molecule has 17 heavy (non-hydrogen) atoms. The number of hydrogen-bond acceptors (Lipinski definition) is 4. The van der Waals surface area contributed by atoms with Crippen molar-refractivity contribution in [3.05, 3.63) is 47.9 Å². The van der Waals surface area contributed by atoms with Gasteiger partial charge in [-0.05, 0) is 30.9 Å². The number of benzene rings is 1. The first-order valence-electron chi connectivity index (χ1n) is 5.43. The van der Waals surface area contributed by atoms with E-state index in [-0.39, 0.29) is 0 Å². The van der Waals surface area contributed by atoms with E-state index in [2.05, 4.69) is 45.8 Å². The fourth-order valence-electron chi connectivity index (χ4n) is 1.48. The zero-order valence-electron chi connectivity index (χ0n) is 9.97. The summed E-state index contributed by atoms with van der Waals surface area (Å²) >= 11 is 1.75. The number of nitrogens with one attached hydrogen (secondary N) is 1. The van der Waals surface area contributed by atoms with Crippen molar-refractivity contribution in [2.24, 2.45) is 0 Å². The lowest BCUT2D eigenvalue weighted by atomic mass is 10.2. The van der Waals surface area contributed by atoms with E-state index in [0.29, 0.717) is 0 Å². The minimum absolute atomic E-state index is 0.771. The highest BCUT2D eigenvalue weighted by Crippen LogP contribution is 2.15. The monoisotopic (exact) mass is 245 g/mol. The first-order valence-corrected chi connectivity index (χ1v) is 6.66. The van der Waals surface area contributed by atoms with E-state index in [0.717, 1.165) is 18.1 Å². The van der Waals surface area contributed by atoms with Crippen LogP contribution in [0.5, 0.6) is 0 Å². The van der Waals surface area contributed by atoms with Gasteiger partial charge in [0, 0.05) is 17.6 Å². The van der Waals surface area contributed by atoms with Gasteiger partial charge in [0.05, 0.1) is 11.9 Å². The summed E-state index contributed by atoms with van der Waals surface area (Å²) in [4.78, 5) is 9.72. The topological polar surface area (TPSA) is 37.8 Å². The molecule has 0 spiro atoms. The Morgan fingerprint density at radius 3 is 2.59 bits per heavy atom. The highest BCUT2D eigenvalue weighted by atomic mass is 32.2. The van der Waals surface area contributed by atoms with Gasteiger partial charge < -0.3 is 5.32 Å². The van der Waals surface area contributed by atoms with Gasteiger partial charge in [-0.15, -0.1) is 11.8 Å². The number of aromatic nitrogens is 2. The summed E-state index contributed by atoms with van der Waals surface area (Å²) in [5.41, 5.74) is 2.17. The summed E-state index contributed by atoms with van der Waals surface area (Å²) in [6.45, 7) is 2.71. The van der Waals surface area contributed by atoms with Crippen molar-refractivity contribution in [3.8, 4) is 0 Å². The van der Waals surface area contributed by atoms with Crippen LogP contribution in [-0.2, 0) is 6.54 Å². The van der Waals surface area contributed by atoms with E-state index >= 15 is 0 Å². The fourth-order valence-corrected chi connectivity index (χ4v) is 1.89. The first-order chi connectivity index (χ1) is 8.28. The molecule has 0 unspecified atom stereocenters. The lowest BCUT2D eigenvalue weighted by Gasteiger charge is -2.06. The zero-order chi connectivity index (χ0) is 12.1. The average Bonchev–Trinajstić information content (AvgIpc) is 2.37. The van der Waals surface area contributed by atoms with Crippen LogP contribution in [-0.4, -0.2) is 16.2 Å². The van der Waals surface area contributed by atoms with Crippen molar-refractivity contribution in [1.82, 2.24) is 9.97 Å². The van der Waals surface area contributed by atoms with Crippen LogP contribution < -0.4 is 5.32 Å². The van der Waals surface area contributed by atoms with Crippen molar-refractivity contribution in [2.75, 3.05) is 11.6 Å². The van der Waals surface area contributed by atoms with E-state index < -0.39 is 0 Å². The van der Waals surface area contributed by atoms with Crippen molar-refractivity contribution >= 4 is 17.6 Å². The van der Waals surface area contributed by atoms with Crippen LogP contribution in [0.1, 0.15) is 11.3 Å². The third kappa shape index (κ3) is 3.46. The predicted octanol–water partition coefficient (Wildman–Crippen LogP) is 3.12. The number of rotatable bonds is 4. The molecule has 0 aliphatic carbocycles. The highest BCUT2D eigenvalue weighted by Gasteiger charge is 1.96. The number of hydrogen-bond donors (Lipinski definition) is 1. The van der Waals surface area contributed by atoms with Crippen LogP contribution in [0.4, 0.5) is 5.82 Å². The summed E-state index contributed by atoms with van der Waals surface area (Å²) in [6, 6.07) is 8.51. The van der Waals surface area contributed by atoms with E-state index in [1.807, 2.05) is 6.92 Å². The van der Waals surface area contributed by atoms with Crippen LogP contribution >= 0.6 is 11.8 Å². The molecule has 2 aromatic rings. The number of nitrogens with zero attached hydrogens (tertiary/aromatic N) is 2. The maximum atomic E-state index is 4.34. The van der Waals surface area contributed by atoms with Crippen LogP contribution in [0.25, 0.3) is 0 Å². The second-order valence-corrected chi connectivity index (χ2v) is 4.63. The normalized spacial score (nSPS) is 10.2. The van der Waals surface area contributed by atoms with Gasteiger partial charge in [0.15, 0.2) is 0 Å². The maximum absolute atomic E-state index is 4.34. The van der Waals surface area contributed by atoms with Gasteiger partial charge in [-0.1, -0.05) is 12.1 Å².